The van der Waals surface area contributed by atoms with E-state index in [-0.39, 0.29) is 18.4 Å². The molecule has 0 saturated heterocycles. The van der Waals surface area contributed by atoms with Crippen LogP contribution in [0.15, 0.2) is 36.4 Å². The molecule has 2 aromatic carbocycles. The summed E-state index contributed by atoms with van der Waals surface area (Å²) >= 11 is 11.8. The molecule has 0 bridgehead atoms. The molecule has 0 saturated carbocycles. The maximum atomic E-state index is 12.1. The number of anilines is 2. The van der Waals surface area contributed by atoms with E-state index < -0.39 is 0 Å². The van der Waals surface area contributed by atoms with Gasteiger partial charge >= 0.3 is 0 Å². The summed E-state index contributed by atoms with van der Waals surface area (Å²) in [7, 11) is 0. The zero-order valence-corrected chi connectivity index (χ0v) is 15.4. The highest BCUT2D eigenvalue weighted by Gasteiger charge is 2.21. The quantitative estimate of drug-likeness (QED) is 0.856. The van der Waals surface area contributed by atoms with E-state index in [2.05, 4.69) is 5.32 Å². The van der Waals surface area contributed by atoms with Gasteiger partial charge in [0.25, 0.3) is 5.91 Å². The number of hydrogen-bond acceptors (Lipinski definition) is 4. The standard InChI is InChI=1S/C18H16Cl2N2O4/c1-11(23)22-6-7-25-17-5-3-13(9-15(17)22)21-18(24)10-26-16-4-2-12(19)8-14(16)20/h2-5,8-9H,6-7,10H2,1H3,(H,21,24). The summed E-state index contributed by atoms with van der Waals surface area (Å²) in [6, 6.07) is 9.88. The van der Waals surface area contributed by atoms with Crippen molar-refractivity contribution in [3.63, 3.8) is 0 Å². The van der Waals surface area contributed by atoms with Crippen molar-refractivity contribution in [2.45, 2.75) is 6.92 Å². The molecule has 0 fully saturated rings. The Kier molecular flexibility index (Phi) is 5.54. The topological polar surface area (TPSA) is 67.9 Å². The van der Waals surface area contributed by atoms with E-state index in [0.717, 1.165) is 0 Å². The van der Waals surface area contributed by atoms with Gasteiger partial charge in [0.15, 0.2) is 6.61 Å². The lowest BCUT2D eigenvalue weighted by Gasteiger charge is -2.29. The third-order valence-corrected chi connectivity index (χ3v) is 4.27. The smallest absolute Gasteiger partial charge is 0.262 e. The molecule has 1 N–H and O–H groups in total. The highest BCUT2D eigenvalue weighted by Crippen LogP contribution is 2.34. The predicted octanol–water partition coefficient (Wildman–Crippen LogP) is 3.76. The number of fused-ring (bicyclic) bond motifs is 1. The zero-order valence-electron chi connectivity index (χ0n) is 13.9. The van der Waals surface area contributed by atoms with Gasteiger partial charge in [-0.1, -0.05) is 23.2 Å². The van der Waals surface area contributed by atoms with E-state index in [1.807, 2.05) is 0 Å². The minimum Gasteiger partial charge on any atom is -0.490 e. The van der Waals surface area contributed by atoms with Gasteiger partial charge in [-0.3, -0.25) is 9.59 Å². The van der Waals surface area contributed by atoms with Crippen LogP contribution < -0.4 is 19.7 Å². The lowest BCUT2D eigenvalue weighted by molar-refractivity contribution is -0.118. The Morgan fingerprint density at radius 2 is 2.04 bits per heavy atom. The molecule has 0 spiro atoms. The fourth-order valence-corrected chi connectivity index (χ4v) is 3.02. The first kappa shape index (κ1) is 18.4. The van der Waals surface area contributed by atoms with Crippen molar-refractivity contribution >= 4 is 46.4 Å². The van der Waals surface area contributed by atoms with Crippen LogP contribution >= 0.6 is 23.2 Å². The summed E-state index contributed by atoms with van der Waals surface area (Å²) in [5, 5.41) is 3.54. The molecule has 1 aliphatic heterocycles. The normalized spacial score (nSPS) is 12.8. The van der Waals surface area contributed by atoms with Crippen molar-refractivity contribution in [2.24, 2.45) is 0 Å². The second-order valence-corrected chi connectivity index (χ2v) is 6.46. The first-order valence-electron chi connectivity index (χ1n) is 7.86. The lowest BCUT2D eigenvalue weighted by Crippen LogP contribution is -2.36. The Balaban J connectivity index is 1.66. The summed E-state index contributed by atoms with van der Waals surface area (Å²) in [5.74, 6) is 0.530. The van der Waals surface area contributed by atoms with E-state index in [4.69, 9.17) is 32.7 Å². The van der Waals surface area contributed by atoms with E-state index in [1.165, 1.54) is 13.0 Å². The summed E-state index contributed by atoms with van der Waals surface area (Å²) in [5.41, 5.74) is 1.17. The van der Waals surface area contributed by atoms with Crippen molar-refractivity contribution in [3.05, 3.63) is 46.4 Å². The Morgan fingerprint density at radius 3 is 2.77 bits per heavy atom. The summed E-state index contributed by atoms with van der Waals surface area (Å²) in [6.07, 6.45) is 0. The number of halogens is 2. The second kappa shape index (κ2) is 7.85. The van der Waals surface area contributed by atoms with E-state index in [9.17, 15) is 9.59 Å². The Labute approximate surface area is 160 Å². The predicted molar refractivity (Wildman–Crippen MR) is 101 cm³/mol. The SMILES string of the molecule is CC(=O)N1CCOc2ccc(NC(=O)COc3ccc(Cl)cc3Cl)cc21. The molecule has 26 heavy (non-hydrogen) atoms. The van der Waals surface area contributed by atoms with Gasteiger partial charge in [0.2, 0.25) is 5.91 Å². The molecule has 0 unspecified atom stereocenters. The number of nitrogens with one attached hydrogen (secondary N) is 1. The van der Waals surface area contributed by atoms with Crippen LogP contribution in [0.25, 0.3) is 0 Å². The second-order valence-electron chi connectivity index (χ2n) is 5.61. The first-order valence-corrected chi connectivity index (χ1v) is 8.62. The molecule has 136 valence electrons. The highest BCUT2D eigenvalue weighted by atomic mass is 35.5. The Morgan fingerprint density at radius 1 is 1.23 bits per heavy atom. The van der Waals surface area contributed by atoms with Gasteiger partial charge < -0.3 is 19.7 Å². The fraction of sp³-hybridized carbons (Fsp3) is 0.222. The molecule has 1 heterocycles. The van der Waals surface area contributed by atoms with Crippen molar-refractivity contribution in [1.29, 1.82) is 0 Å². The number of nitrogens with zero attached hydrogens (tertiary/aromatic N) is 1. The highest BCUT2D eigenvalue weighted by molar-refractivity contribution is 6.35. The molecule has 0 atom stereocenters. The summed E-state index contributed by atoms with van der Waals surface area (Å²) < 4.78 is 10.9. The van der Waals surface area contributed by atoms with Crippen LogP contribution in [-0.4, -0.2) is 31.6 Å². The van der Waals surface area contributed by atoms with Gasteiger partial charge in [-0.05, 0) is 36.4 Å². The molecule has 2 aromatic rings. The average Bonchev–Trinajstić information content (AvgIpc) is 2.60. The Bertz CT molecular complexity index is 857. The van der Waals surface area contributed by atoms with Gasteiger partial charge in [0.05, 0.1) is 17.3 Å². The van der Waals surface area contributed by atoms with Gasteiger partial charge in [-0.25, -0.2) is 0 Å². The molecule has 0 radical (unpaired) electrons. The average molecular weight is 395 g/mol. The van der Waals surface area contributed by atoms with Crippen molar-refractivity contribution in [1.82, 2.24) is 0 Å². The number of ether oxygens (including phenoxy) is 2. The maximum Gasteiger partial charge on any atom is 0.262 e. The van der Waals surface area contributed by atoms with Crippen molar-refractivity contribution in [3.8, 4) is 11.5 Å². The number of hydrogen-bond donors (Lipinski definition) is 1. The van der Waals surface area contributed by atoms with Crippen LogP contribution in [0.1, 0.15) is 6.92 Å². The fourth-order valence-electron chi connectivity index (χ4n) is 2.56. The lowest BCUT2D eigenvalue weighted by atomic mass is 10.2. The number of rotatable bonds is 4. The maximum absolute atomic E-state index is 12.1. The first-order chi connectivity index (χ1) is 12.4. The van der Waals surface area contributed by atoms with Crippen molar-refractivity contribution in [2.75, 3.05) is 30.0 Å². The van der Waals surface area contributed by atoms with Crippen LogP contribution in [0.3, 0.4) is 0 Å². The van der Waals surface area contributed by atoms with Crippen LogP contribution in [0.2, 0.25) is 10.0 Å². The summed E-state index contributed by atoms with van der Waals surface area (Å²) in [6.45, 7) is 2.18. The van der Waals surface area contributed by atoms with Crippen LogP contribution in [-0.2, 0) is 9.59 Å². The zero-order chi connectivity index (χ0) is 18.7. The third-order valence-electron chi connectivity index (χ3n) is 3.74. The number of benzene rings is 2. The van der Waals surface area contributed by atoms with Crippen LogP contribution in [0.5, 0.6) is 11.5 Å². The van der Waals surface area contributed by atoms with E-state index >= 15 is 0 Å². The Hall–Kier alpha value is -2.44. The van der Waals surface area contributed by atoms with Crippen molar-refractivity contribution < 1.29 is 19.1 Å². The van der Waals surface area contributed by atoms with Gasteiger partial charge in [0.1, 0.15) is 18.1 Å². The number of carbonyl (C=O) groups excluding carboxylic acids is 2. The largest absolute Gasteiger partial charge is 0.490 e. The minimum absolute atomic E-state index is 0.0845. The van der Waals surface area contributed by atoms with E-state index in [0.29, 0.717) is 46.1 Å². The van der Waals surface area contributed by atoms with Gasteiger partial charge in [-0.2, -0.15) is 0 Å². The number of amides is 2. The van der Waals surface area contributed by atoms with E-state index in [1.54, 1.807) is 35.2 Å². The molecule has 0 aromatic heterocycles. The minimum atomic E-state index is -0.359. The molecule has 1 aliphatic rings. The van der Waals surface area contributed by atoms with Gasteiger partial charge in [0, 0.05) is 17.6 Å². The molecule has 0 aliphatic carbocycles. The monoisotopic (exact) mass is 394 g/mol. The third kappa shape index (κ3) is 4.20. The van der Waals surface area contributed by atoms with Crippen LogP contribution in [0, 0.1) is 0 Å². The molecular formula is C18H16Cl2N2O4. The number of carbonyl (C=O) groups is 2. The summed E-state index contributed by atoms with van der Waals surface area (Å²) in [4.78, 5) is 25.5. The van der Waals surface area contributed by atoms with Crippen LogP contribution in [0.4, 0.5) is 11.4 Å². The molecule has 2 amide bonds. The van der Waals surface area contributed by atoms with Gasteiger partial charge in [-0.15, -0.1) is 0 Å². The molecular weight excluding hydrogens is 379 g/mol. The molecule has 3 rings (SSSR count). The molecule has 8 heteroatoms. The molecule has 6 nitrogen and oxygen atoms in total.